The van der Waals surface area contributed by atoms with Crippen LogP contribution in [0.2, 0.25) is 0 Å². The van der Waals surface area contributed by atoms with E-state index in [1.165, 1.54) is 6.07 Å². The van der Waals surface area contributed by atoms with E-state index in [4.69, 9.17) is 4.74 Å². The zero-order valence-electron chi connectivity index (χ0n) is 14.2. The van der Waals surface area contributed by atoms with Crippen LogP contribution in [0.4, 0.5) is 21.5 Å². The molecule has 0 unspecified atom stereocenters. The van der Waals surface area contributed by atoms with Crippen molar-refractivity contribution in [2.45, 2.75) is 6.92 Å². The van der Waals surface area contributed by atoms with Crippen molar-refractivity contribution in [1.29, 1.82) is 0 Å². The molecule has 1 aliphatic rings. The van der Waals surface area contributed by atoms with Gasteiger partial charge in [0.25, 0.3) is 0 Å². The minimum atomic E-state index is -0.288. The number of nitrogens with one attached hydrogen (secondary N) is 2. The van der Waals surface area contributed by atoms with E-state index in [1.54, 1.807) is 19.1 Å². The second-order valence-electron chi connectivity index (χ2n) is 6.01. The molecule has 3 rings (SSSR count). The van der Waals surface area contributed by atoms with Gasteiger partial charge in [-0.25, -0.2) is 4.39 Å². The van der Waals surface area contributed by atoms with Gasteiger partial charge in [-0.2, -0.15) is 0 Å². The van der Waals surface area contributed by atoms with Crippen LogP contribution in [0.3, 0.4) is 0 Å². The fourth-order valence-corrected chi connectivity index (χ4v) is 2.67. The van der Waals surface area contributed by atoms with Crippen molar-refractivity contribution >= 4 is 23.0 Å². The predicted octanol–water partition coefficient (Wildman–Crippen LogP) is 3.02. The largest absolute Gasteiger partial charge is 0.378 e. The topological polar surface area (TPSA) is 53.6 Å². The number of aryl methyl sites for hydroxylation is 1. The molecule has 1 heterocycles. The average molecular weight is 343 g/mol. The summed E-state index contributed by atoms with van der Waals surface area (Å²) in [5, 5.41) is 5.75. The highest BCUT2D eigenvalue weighted by molar-refractivity contribution is 5.93. The Labute approximate surface area is 146 Å². The molecule has 6 heteroatoms. The summed E-state index contributed by atoms with van der Waals surface area (Å²) < 4.78 is 18.8. The van der Waals surface area contributed by atoms with Gasteiger partial charge in [-0.1, -0.05) is 6.07 Å². The first kappa shape index (κ1) is 17.2. The third-order valence-corrected chi connectivity index (χ3v) is 4.15. The van der Waals surface area contributed by atoms with Crippen molar-refractivity contribution in [3.05, 3.63) is 53.8 Å². The van der Waals surface area contributed by atoms with Gasteiger partial charge in [-0.15, -0.1) is 0 Å². The Morgan fingerprint density at radius 2 is 1.80 bits per heavy atom. The molecular formula is C19H22FN3O2. The molecule has 0 aromatic heterocycles. The molecule has 2 aromatic rings. The second-order valence-corrected chi connectivity index (χ2v) is 6.01. The van der Waals surface area contributed by atoms with E-state index in [0.717, 1.165) is 37.7 Å². The molecular weight excluding hydrogens is 321 g/mol. The quantitative estimate of drug-likeness (QED) is 0.876. The van der Waals surface area contributed by atoms with E-state index in [-0.39, 0.29) is 18.3 Å². The predicted molar refractivity (Wildman–Crippen MR) is 97.7 cm³/mol. The van der Waals surface area contributed by atoms with Crippen LogP contribution < -0.4 is 15.5 Å². The Balaban J connectivity index is 1.51. The minimum Gasteiger partial charge on any atom is -0.378 e. The van der Waals surface area contributed by atoms with Gasteiger partial charge in [0, 0.05) is 30.2 Å². The molecule has 0 bridgehead atoms. The molecule has 2 N–H and O–H groups in total. The maximum atomic E-state index is 13.5. The van der Waals surface area contributed by atoms with E-state index in [0.29, 0.717) is 11.3 Å². The van der Waals surface area contributed by atoms with Crippen LogP contribution >= 0.6 is 0 Å². The number of hydrogen-bond donors (Lipinski definition) is 2. The minimum absolute atomic E-state index is 0.0771. The maximum Gasteiger partial charge on any atom is 0.243 e. The lowest BCUT2D eigenvalue weighted by Crippen LogP contribution is -2.36. The summed E-state index contributed by atoms with van der Waals surface area (Å²) in [4.78, 5) is 14.3. The van der Waals surface area contributed by atoms with Gasteiger partial charge >= 0.3 is 0 Å². The highest BCUT2D eigenvalue weighted by Gasteiger charge is 2.11. The number of carbonyl (C=O) groups is 1. The highest BCUT2D eigenvalue weighted by Crippen LogP contribution is 2.19. The molecule has 0 atom stereocenters. The van der Waals surface area contributed by atoms with Crippen LogP contribution in [0, 0.1) is 12.7 Å². The molecule has 1 saturated heterocycles. The Hall–Kier alpha value is -2.60. The van der Waals surface area contributed by atoms with Crippen molar-refractivity contribution in [2.75, 3.05) is 48.4 Å². The summed E-state index contributed by atoms with van der Waals surface area (Å²) in [7, 11) is 0. The van der Waals surface area contributed by atoms with Gasteiger partial charge in [0.05, 0.1) is 19.8 Å². The van der Waals surface area contributed by atoms with Gasteiger partial charge in [-0.3, -0.25) is 4.79 Å². The first-order chi connectivity index (χ1) is 12.1. The fraction of sp³-hybridized carbons (Fsp3) is 0.316. The van der Waals surface area contributed by atoms with Crippen molar-refractivity contribution < 1.29 is 13.9 Å². The van der Waals surface area contributed by atoms with Crippen LogP contribution in [0.25, 0.3) is 0 Å². The Morgan fingerprint density at radius 1 is 1.12 bits per heavy atom. The molecule has 0 radical (unpaired) electrons. The molecule has 1 fully saturated rings. The number of morpholine rings is 1. The standard InChI is InChI=1S/C19H22FN3O2/c1-14-2-3-16(12-18(14)20)21-13-19(24)22-15-4-6-17(7-5-15)23-8-10-25-11-9-23/h2-7,12,21H,8-11,13H2,1H3,(H,22,24). The van der Waals surface area contributed by atoms with E-state index in [9.17, 15) is 9.18 Å². The van der Waals surface area contributed by atoms with Gasteiger partial charge in [0.2, 0.25) is 5.91 Å². The summed E-state index contributed by atoms with van der Waals surface area (Å²) in [6.07, 6.45) is 0. The zero-order chi connectivity index (χ0) is 17.6. The lowest BCUT2D eigenvalue weighted by Gasteiger charge is -2.28. The second kappa shape index (κ2) is 7.98. The summed E-state index contributed by atoms with van der Waals surface area (Å²) in [5.41, 5.74) is 3.02. The normalized spacial score (nSPS) is 14.2. The number of anilines is 3. The van der Waals surface area contributed by atoms with Crippen LogP contribution in [0.5, 0.6) is 0 Å². The SMILES string of the molecule is Cc1ccc(NCC(=O)Nc2ccc(N3CCOCC3)cc2)cc1F. The third-order valence-electron chi connectivity index (χ3n) is 4.15. The maximum absolute atomic E-state index is 13.5. The number of carbonyl (C=O) groups excluding carboxylic acids is 1. The van der Waals surface area contributed by atoms with Crippen LogP contribution in [-0.2, 0) is 9.53 Å². The molecule has 0 spiro atoms. The van der Waals surface area contributed by atoms with E-state index >= 15 is 0 Å². The Kier molecular flexibility index (Phi) is 5.50. The summed E-state index contributed by atoms with van der Waals surface area (Å²) >= 11 is 0. The monoisotopic (exact) mass is 343 g/mol. The van der Waals surface area contributed by atoms with Crippen molar-refractivity contribution in [1.82, 2.24) is 0 Å². The number of rotatable bonds is 5. The number of amides is 1. The van der Waals surface area contributed by atoms with Crippen LogP contribution in [-0.4, -0.2) is 38.8 Å². The van der Waals surface area contributed by atoms with Gasteiger partial charge < -0.3 is 20.3 Å². The van der Waals surface area contributed by atoms with Crippen molar-refractivity contribution in [3.8, 4) is 0 Å². The molecule has 5 nitrogen and oxygen atoms in total. The molecule has 0 aliphatic carbocycles. The zero-order valence-corrected chi connectivity index (χ0v) is 14.2. The fourth-order valence-electron chi connectivity index (χ4n) is 2.67. The van der Waals surface area contributed by atoms with Crippen molar-refractivity contribution in [2.24, 2.45) is 0 Å². The third kappa shape index (κ3) is 4.70. The molecule has 1 amide bonds. The Morgan fingerprint density at radius 3 is 2.48 bits per heavy atom. The Bertz CT molecular complexity index is 728. The van der Waals surface area contributed by atoms with Gasteiger partial charge in [0.1, 0.15) is 5.82 Å². The van der Waals surface area contributed by atoms with E-state index in [2.05, 4.69) is 15.5 Å². The van der Waals surface area contributed by atoms with Crippen molar-refractivity contribution in [3.63, 3.8) is 0 Å². The number of nitrogens with zero attached hydrogens (tertiary/aromatic N) is 1. The average Bonchev–Trinajstić information content (AvgIpc) is 2.64. The molecule has 1 aliphatic heterocycles. The summed E-state index contributed by atoms with van der Waals surface area (Å²) in [5.74, 6) is -0.468. The lowest BCUT2D eigenvalue weighted by atomic mass is 10.2. The first-order valence-corrected chi connectivity index (χ1v) is 8.34. The number of ether oxygens (including phenoxy) is 1. The summed E-state index contributed by atoms with van der Waals surface area (Å²) in [6.45, 7) is 5.01. The lowest BCUT2D eigenvalue weighted by molar-refractivity contribution is -0.114. The van der Waals surface area contributed by atoms with E-state index < -0.39 is 0 Å². The molecule has 132 valence electrons. The molecule has 2 aromatic carbocycles. The number of hydrogen-bond acceptors (Lipinski definition) is 4. The van der Waals surface area contributed by atoms with Gasteiger partial charge in [0.15, 0.2) is 0 Å². The first-order valence-electron chi connectivity index (χ1n) is 8.34. The molecule has 25 heavy (non-hydrogen) atoms. The summed E-state index contributed by atoms with van der Waals surface area (Å²) in [6, 6.07) is 12.6. The number of benzene rings is 2. The smallest absolute Gasteiger partial charge is 0.243 e. The van der Waals surface area contributed by atoms with Crippen LogP contribution in [0.15, 0.2) is 42.5 Å². The van der Waals surface area contributed by atoms with Crippen LogP contribution in [0.1, 0.15) is 5.56 Å². The highest BCUT2D eigenvalue weighted by atomic mass is 19.1. The number of halogens is 1. The molecule has 0 saturated carbocycles. The van der Waals surface area contributed by atoms with Gasteiger partial charge in [-0.05, 0) is 48.9 Å². The van der Waals surface area contributed by atoms with E-state index in [1.807, 2.05) is 24.3 Å².